The fraction of sp³-hybridized carbons (Fsp3) is 0.333. The lowest BCUT2D eigenvalue weighted by Crippen LogP contribution is -2.41. The van der Waals surface area contributed by atoms with Gasteiger partial charge in [-0.15, -0.1) is 0 Å². The van der Waals surface area contributed by atoms with Crippen molar-refractivity contribution >= 4 is 22.7 Å². The third-order valence-electron chi connectivity index (χ3n) is 4.32. The summed E-state index contributed by atoms with van der Waals surface area (Å²) >= 11 is 0. The average molecular weight is 327 g/mol. The van der Waals surface area contributed by atoms with E-state index in [0.29, 0.717) is 13.2 Å². The number of ether oxygens (including phenoxy) is 1. The van der Waals surface area contributed by atoms with Gasteiger partial charge in [0.05, 0.1) is 19.8 Å². The Morgan fingerprint density at radius 2 is 1.88 bits per heavy atom. The lowest BCUT2D eigenvalue weighted by atomic mass is 9.90. The Balaban J connectivity index is 1.83. The van der Waals surface area contributed by atoms with E-state index in [1.165, 1.54) is 4.90 Å². The van der Waals surface area contributed by atoms with E-state index in [1.807, 2.05) is 42.5 Å². The molecule has 3 N–H and O–H groups in total. The van der Waals surface area contributed by atoms with Gasteiger partial charge in [0, 0.05) is 6.54 Å². The minimum atomic E-state index is -1.06. The Morgan fingerprint density at radius 3 is 2.62 bits per heavy atom. The number of nitrogens with one attached hydrogen (secondary N) is 1. The van der Waals surface area contributed by atoms with E-state index in [1.54, 1.807) is 6.92 Å². The predicted molar refractivity (Wildman–Crippen MR) is 91.4 cm³/mol. The molecule has 1 atom stereocenters. The first-order valence-electron chi connectivity index (χ1n) is 7.97. The number of fused-ring (bicyclic) bond motifs is 1. The van der Waals surface area contributed by atoms with Crippen molar-refractivity contribution in [1.82, 2.24) is 10.2 Å². The summed E-state index contributed by atoms with van der Waals surface area (Å²) in [7, 11) is 0. The summed E-state index contributed by atoms with van der Waals surface area (Å²) in [5.41, 5.74) is 5.06. The summed E-state index contributed by atoms with van der Waals surface area (Å²) in [4.78, 5) is 26.2. The van der Waals surface area contributed by atoms with Crippen molar-refractivity contribution in [3.05, 3.63) is 48.0 Å². The predicted octanol–water partition coefficient (Wildman–Crippen LogP) is 1.58. The maximum Gasteiger partial charge on any atom is 0.325 e. The van der Waals surface area contributed by atoms with E-state index in [0.717, 1.165) is 16.3 Å². The smallest absolute Gasteiger partial charge is 0.325 e. The summed E-state index contributed by atoms with van der Waals surface area (Å²) in [5.74, 6) is -0.265. The van der Waals surface area contributed by atoms with Gasteiger partial charge in [0.1, 0.15) is 5.54 Å². The van der Waals surface area contributed by atoms with Gasteiger partial charge < -0.3 is 15.8 Å². The van der Waals surface area contributed by atoms with Crippen molar-refractivity contribution in [1.29, 1.82) is 0 Å². The van der Waals surface area contributed by atoms with Crippen molar-refractivity contribution in [2.24, 2.45) is 5.73 Å². The molecule has 1 aliphatic rings. The van der Waals surface area contributed by atoms with Crippen LogP contribution in [0.3, 0.4) is 0 Å². The standard InChI is InChI=1S/C18H21N3O3/c1-18(15-7-6-13-4-2-3-5-14(13)12-15)16(22)21(17(23)20-18)9-11-24-10-8-19/h2-7,12H,8-11,19H2,1H3,(H,20,23). The zero-order chi connectivity index (χ0) is 17.2. The Bertz CT molecular complexity index is 777. The quantitative estimate of drug-likeness (QED) is 0.623. The van der Waals surface area contributed by atoms with Gasteiger partial charge >= 0.3 is 6.03 Å². The second-order valence-corrected chi connectivity index (χ2v) is 5.97. The van der Waals surface area contributed by atoms with E-state index in [9.17, 15) is 9.59 Å². The highest BCUT2D eigenvalue weighted by Crippen LogP contribution is 2.30. The molecule has 1 unspecified atom stereocenters. The molecule has 3 amide bonds. The van der Waals surface area contributed by atoms with Crippen LogP contribution >= 0.6 is 0 Å². The van der Waals surface area contributed by atoms with Crippen LogP contribution in [0.5, 0.6) is 0 Å². The first kappa shape index (κ1) is 16.4. The van der Waals surface area contributed by atoms with E-state index in [4.69, 9.17) is 10.5 Å². The van der Waals surface area contributed by atoms with Crippen LogP contribution in [0, 0.1) is 0 Å². The Morgan fingerprint density at radius 1 is 1.12 bits per heavy atom. The lowest BCUT2D eigenvalue weighted by molar-refractivity contribution is -0.131. The van der Waals surface area contributed by atoms with E-state index in [2.05, 4.69) is 5.32 Å². The second kappa shape index (κ2) is 6.59. The monoisotopic (exact) mass is 327 g/mol. The molecular formula is C18H21N3O3. The van der Waals surface area contributed by atoms with E-state index in [-0.39, 0.29) is 19.1 Å². The average Bonchev–Trinajstić information content (AvgIpc) is 2.82. The molecule has 0 spiro atoms. The molecule has 1 aliphatic heterocycles. The highest BCUT2D eigenvalue weighted by molar-refractivity contribution is 6.07. The maximum absolute atomic E-state index is 12.8. The van der Waals surface area contributed by atoms with Crippen LogP contribution in [0.1, 0.15) is 12.5 Å². The number of rotatable bonds is 6. The number of hydrogen-bond acceptors (Lipinski definition) is 4. The van der Waals surface area contributed by atoms with Gasteiger partial charge in [-0.2, -0.15) is 0 Å². The lowest BCUT2D eigenvalue weighted by Gasteiger charge is -2.22. The number of imide groups is 1. The largest absolute Gasteiger partial charge is 0.378 e. The number of benzene rings is 2. The van der Waals surface area contributed by atoms with Gasteiger partial charge in [-0.05, 0) is 29.3 Å². The zero-order valence-corrected chi connectivity index (χ0v) is 13.6. The molecule has 126 valence electrons. The molecule has 6 nitrogen and oxygen atoms in total. The summed E-state index contributed by atoms with van der Waals surface area (Å²) in [6.45, 7) is 3.05. The Hall–Kier alpha value is -2.44. The normalized spacial score (nSPS) is 20.7. The molecule has 1 saturated heterocycles. The molecular weight excluding hydrogens is 306 g/mol. The number of nitrogens with zero attached hydrogens (tertiary/aromatic N) is 1. The molecule has 3 rings (SSSR count). The number of carbonyl (C=O) groups excluding carboxylic acids is 2. The van der Waals surface area contributed by atoms with Crippen LogP contribution in [-0.4, -0.2) is 43.1 Å². The summed E-state index contributed by atoms with van der Waals surface area (Å²) in [6.07, 6.45) is 0. The third kappa shape index (κ3) is 2.86. The molecule has 0 radical (unpaired) electrons. The Labute approximate surface area is 140 Å². The number of amides is 3. The fourth-order valence-corrected chi connectivity index (χ4v) is 2.94. The number of urea groups is 1. The molecule has 0 aromatic heterocycles. The van der Waals surface area contributed by atoms with Crippen LogP contribution in [0.15, 0.2) is 42.5 Å². The van der Waals surface area contributed by atoms with Crippen LogP contribution in [0.2, 0.25) is 0 Å². The fourth-order valence-electron chi connectivity index (χ4n) is 2.94. The summed E-state index contributed by atoms with van der Waals surface area (Å²) in [5, 5.41) is 4.93. The van der Waals surface area contributed by atoms with Crippen LogP contribution in [0.25, 0.3) is 10.8 Å². The van der Waals surface area contributed by atoms with E-state index >= 15 is 0 Å². The Kier molecular flexibility index (Phi) is 4.51. The first-order valence-corrected chi connectivity index (χ1v) is 7.97. The second-order valence-electron chi connectivity index (χ2n) is 5.97. The number of carbonyl (C=O) groups is 2. The van der Waals surface area contributed by atoms with Gasteiger partial charge in [0.25, 0.3) is 5.91 Å². The maximum atomic E-state index is 12.8. The molecule has 2 aromatic rings. The molecule has 24 heavy (non-hydrogen) atoms. The third-order valence-corrected chi connectivity index (χ3v) is 4.32. The van der Waals surface area contributed by atoms with E-state index < -0.39 is 11.6 Å². The first-order chi connectivity index (χ1) is 11.6. The van der Waals surface area contributed by atoms with Crippen molar-refractivity contribution in [3.8, 4) is 0 Å². The van der Waals surface area contributed by atoms with Gasteiger partial charge in [-0.25, -0.2) is 4.79 Å². The van der Waals surface area contributed by atoms with Crippen LogP contribution in [0.4, 0.5) is 4.79 Å². The topological polar surface area (TPSA) is 84.7 Å². The minimum absolute atomic E-state index is 0.216. The minimum Gasteiger partial charge on any atom is -0.378 e. The molecule has 0 bridgehead atoms. The highest BCUT2D eigenvalue weighted by atomic mass is 16.5. The molecule has 6 heteroatoms. The van der Waals surface area contributed by atoms with Gasteiger partial charge in [-0.1, -0.05) is 36.4 Å². The summed E-state index contributed by atoms with van der Waals surface area (Å²) < 4.78 is 5.27. The molecule has 0 saturated carbocycles. The summed E-state index contributed by atoms with van der Waals surface area (Å²) in [6, 6.07) is 13.3. The van der Waals surface area contributed by atoms with Crippen molar-refractivity contribution in [2.45, 2.75) is 12.5 Å². The molecule has 1 heterocycles. The van der Waals surface area contributed by atoms with Crippen molar-refractivity contribution in [3.63, 3.8) is 0 Å². The molecule has 2 aromatic carbocycles. The van der Waals surface area contributed by atoms with Gasteiger partial charge in [0.2, 0.25) is 0 Å². The highest BCUT2D eigenvalue weighted by Gasteiger charge is 2.48. The van der Waals surface area contributed by atoms with Gasteiger partial charge in [0.15, 0.2) is 0 Å². The molecule has 0 aliphatic carbocycles. The SMILES string of the molecule is CC1(c2ccc3ccccc3c2)NC(=O)N(CCOCCN)C1=O. The van der Waals surface area contributed by atoms with Crippen LogP contribution < -0.4 is 11.1 Å². The number of hydrogen-bond donors (Lipinski definition) is 2. The number of nitrogens with two attached hydrogens (primary N) is 1. The van der Waals surface area contributed by atoms with Crippen molar-refractivity contribution in [2.75, 3.05) is 26.3 Å². The molecule has 1 fully saturated rings. The zero-order valence-electron chi connectivity index (χ0n) is 13.6. The van der Waals surface area contributed by atoms with Crippen molar-refractivity contribution < 1.29 is 14.3 Å². The van der Waals surface area contributed by atoms with Crippen LogP contribution in [-0.2, 0) is 15.1 Å². The van der Waals surface area contributed by atoms with Gasteiger partial charge in [-0.3, -0.25) is 9.69 Å².